The van der Waals surface area contributed by atoms with E-state index in [0.717, 1.165) is 6.61 Å². The second kappa shape index (κ2) is 0.462. The quantitative estimate of drug-likeness (QED) is 0.366. The molecule has 1 aliphatic heterocycles. The first-order chi connectivity index (χ1) is 1.89. The molecule has 0 aromatic heterocycles. The van der Waals surface area contributed by atoms with Gasteiger partial charge in [0, 0.05) is 0 Å². The summed E-state index contributed by atoms with van der Waals surface area (Å²) in [5.74, 6) is 0. The Morgan fingerprint density at radius 2 is 2.50 bits per heavy atom. The molecule has 0 spiro atoms. The molecule has 1 saturated heterocycles. The number of epoxide rings is 1. The summed E-state index contributed by atoms with van der Waals surface area (Å²) in [7, 11) is 0. The van der Waals surface area contributed by atoms with Gasteiger partial charge in [0.2, 0.25) is 0 Å². The monoisotopic (exact) mass is 58.0 g/mol. The predicted molar refractivity (Wildman–Crippen MR) is 16.2 cm³/mol. The lowest BCUT2D eigenvalue weighted by molar-refractivity contribution is 0.439. The lowest BCUT2D eigenvalue weighted by atomic mass is 10.6. The normalized spacial score (nSPS) is 39.8. The highest BCUT2D eigenvalue weighted by Gasteiger charge is 2.13. The van der Waals surface area contributed by atoms with E-state index in [1.54, 1.807) is 0 Å². The standard InChI is InChI=1S/C3H5O/c1-3-2-4-3/h3H,1-2H2/p+1. The van der Waals surface area contributed by atoms with E-state index in [0.29, 0.717) is 6.10 Å². The minimum Gasteiger partial charge on any atom is -0.373 e. The fourth-order valence-electron chi connectivity index (χ4n) is 0.0680. The smallest absolute Gasteiger partial charge is 0.373 e. The van der Waals surface area contributed by atoms with E-state index >= 15 is 0 Å². The van der Waals surface area contributed by atoms with Crippen molar-refractivity contribution in [1.29, 1.82) is 0 Å². The van der Waals surface area contributed by atoms with Crippen LogP contribution in [0.2, 0.25) is 0 Å². The Morgan fingerprint density at radius 1 is 2.25 bits per heavy atom. The minimum absolute atomic E-state index is 0. The van der Waals surface area contributed by atoms with Gasteiger partial charge in [0.1, 0.15) is 0 Å². The summed E-state index contributed by atoms with van der Waals surface area (Å²) in [6, 6.07) is 0. The van der Waals surface area contributed by atoms with E-state index in [9.17, 15) is 0 Å². The summed E-state index contributed by atoms with van der Waals surface area (Å²) in [4.78, 5) is 0. The maximum atomic E-state index is 4.60. The second-order valence-corrected chi connectivity index (χ2v) is 0.955. The fraction of sp³-hybridized carbons (Fsp3) is 0.667. The van der Waals surface area contributed by atoms with Crippen LogP contribution in [0.5, 0.6) is 0 Å². The van der Waals surface area contributed by atoms with E-state index in [1.807, 2.05) is 0 Å². The Balaban J connectivity index is 0.000000160. The first-order valence-corrected chi connectivity index (χ1v) is 1.34. The van der Waals surface area contributed by atoms with Crippen molar-refractivity contribution in [2.75, 3.05) is 6.61 Å². The Kier molecular flexibility index (Phi) is 0.256. The van der Waals surface area contributed by atoms with Gasteiger partial charge in [-0.25, -0.2) is 0 Å². The van der Waals surface area contributed by atoms with Crippen molar-refractivity contribution in [3.05, 3.63) is 6.92 Å². The molecule has 0 aliphatic carbocycles. The number of hydrogen-bond acceptors (Lipinski definition) is 1. The van der Waals surface area contributed by atoms with Gasteiger partial charge < -0.3 is 4.74 Å². The van der Waals surface area contributed by atoms with Crippen LogP contribution in [0.4, 0.5) is 0 Å². The van der Waals surface area contributed by atoms with Gasteiger partial charge in [-0.05, 0) is 6.92 Å². The molecule has 4 heavy (non-hydrogen) atoms. The van der Waals surface area contributed by atoms with Gasteiger partial charge in [-0.2, -0.15) is 0 Å². The minimum atomic E-state index is 0. The molecule has 1 heterocycles. The van der Waals surface area contributed by atoms with Crippen LogP contribution in [0.25, 0.3) is 0 Å². The summed E-state index contributed by atoms with van der Waals surface area (Å²) in [6.07, 6.45) is 0.333. The van der Waals surface area contributed by atoms with Crippen molar-refractivity contribution in [2.45, 2.75) is 6.10 Å². The molecule has 1 rings (SSSR count). The van der Waals surface area contributed by atoms with Crippen molar-refractivity contribution >= 4 is 0 Å². The Hall–Kier alpha value is -0.0400. The molecular weight excluding hydrogens is 52.0 g/mol. The van der Waals surface area contributed by atoms with Crippen LogP contribution in [0.1, 0.15) is 1.43 Å². The zero-order chi connectivity index (χ0) is 2.99. The maximum absolute atomic E-state index is 4.60. The zero-order valence-electron chi connectivity index (χ0n) is 3.40. The highest BCUT2D eigenvalue weighted by atomic mass is 16.6. The van der Waals surface area contributed by atoms with E-state index < -0.39 is 0 Å². The van der Waals surface area contributed by atoms with E-state index in [4.69, 9.17) is 0 Å². The van der Waals surface area contributed by atoms with Gasteiger partial charge in [0.05, 0.1) is 12.7 Å². The van der Waals surface area contributed by atoms with Crippen LogP contribution in [0, 0.1) is 6.92 Å². The average Bonchev–Trinajstić information content (AvgIpc) is 1.75. The Labute approximate surface area is 27.1 Å². The SMILES string of the molecule is [CH2]C1CO1.[H+]. The largest absolute Gasteiger partial charge is 1.00 e. The van der Waals surface area contributed by atoms with Gasteiger partial charge in [0.15, 0.2) is 0 Å². The van der Waals surface area contributed by atoms with Crippen molar-refractivity contribution in [3.63, 3.8) is 0 Å². The molecule has 0 N–H and O–H groups in total. The molecule has 1 aliphatic rings. The number of ether oxygens (including phenoxy) is 1. The van der Waals surface area contributed by atoms with Gasteiger partial charge in [-0.15, -0.1) is 0 Å². The lowest BCUT2D eigenvalue weighted by Gasteiger charge is -1.50. The molecule has 0 amide bonds. The maximum Gasteiger partial charge on any atom is 1.00 e. The first kappa shape index (κ1) is 2.21. The van der Waals surface area contributed by atoms with E-state index in [1.165, 1.54) is 0 Å². The summed E-state index contributed by atoms with van der Waals surface area (Å²) < 4.78 is 4.60. The molecule has 23 valence electrons. The van der Waals surface area contributed by atoms with Gasteiger partial charge in [-0.3, -0.25) is 0 Å². The first-order valence-electron chi connectivity index (χ1n) is 1.34. The Bertz CT molecular complexity index is 26.1. The molecule has 1 heteroatoms. The highest BCUT2D eigenvalue weighted by Crippen LogP contribution is 2.03. The highest BCUT2D eigenvalue weighted by molar-refractivity contribution is 4.69. The van der Waals surface area contributed by atoms with Crippen LogP contribution in [-0.4, -0.2) is 12.7 Å². The molecule has 0 bridgehead atoms. The van der Waals surface area contributed by atoms with Crippen LogP contribution in [0.15, 0.2) is 0 Å². The number of rotatable bonds is 0. The molecule has 0 saturated carbocycles. The van der Waals surface area contributed by atoms with Crippen molar-refractivity contribution in [1.82, 2.24) is 0 Å². The third-order valence-electron chi connectivity index (χ3n) is 0.402. The fourth-order valence-corrected chi connectivity index (χ4v) is 0.0680. The summed E-state index contributed by atoms with van der Waals surface area (Å²) in [6.45, 7) is 4.40. The zero-order valence-corrected chi connectivity index (χ0v) is 2.40. The lowest BCUT2D eigenvalue weighted by Crippen LogP contribution is -1.61. The van der Waals surface area contributed by atoms with Crippen LogP contribution in [-0.2, 0) is 4.74 Å². The summed E-state index contributed by atoms with van der Waals surface area (Å²) in [5.41, 5.74) is 0. The van der Waals surface area contributed by atoms with Crippen molar-refractivity contribution in [3.8, 4) is 0 Å². The molecule has 0 aromatic carbocycles. The van der Waals surface area contributed by atoms with E-state index in [-0.39, 0.29) is 1.43 Å². The molecule has 1 atom stereocenters. The summed E-state index contributed by atoms with van der Waals surface area (Å²) >= 11 is 0. The van der Waals surface area contributed by atoms with Gasteiger partial charge in [0.25, 0.3) is 0 Å². The molecular formula is C3H6O+. The van der Waals surface area contributed by atoms with Crippen molar-refractivity contribution in [2.24, 2.45) is 0 Å². The molecule has 0 aromatic rings. The van der Waals surface area contributed by atoms with E-state index in [2.05, 4.69) is 11.7 Å². The van der Waals surface area contributed by atoms with Crippen LogP contribution in [0.3, 0.4) is 0 Å². The van der Waals surface area contributed by atoms with Crippen LogP contribution >= 0.6 is 0 Å². The third-order valence-corrected chi connectivity index (χ3v) is 0.402. The van der Waals surface area contributed by atoms with Gasteiger partial charge >= 0.3 is 1.43 Å². The average molecular weight is 58.1 g/mol. The Morgan fingerprint density at radius 3 is 2.50 bits per heavy atom. The van der Waals surface area contributed by atoms with Gasteiger partial charge in [-0.1, -0.05) is 0 Å². The van der Waals surface area contributed by atoms with Crippen LogP contribution < -0.4 is 0 Å². The molecule has 1 radical (unpaired) electrons. The second-order valence-electron chi connectivity index (χ2n) is 0.955. The molecule has 1 unspecified atom stereocenters. The molecule has 1 fully saturated rings. The molecule has 1 nitrogen and oxygen atoms in total. The third kappa shape index (κ3) is 0.206. The van der Waals surface area contributed by atoms with Crippen molar-refractivity contribution < 1.29 is 6.16 Å². The summed E-state index contributed by atoms with van der Waals surface area (Å²) in [5, 5.41) is 0. The topological polar surface area (TPSA) is 12.5 Å². The predicted octanol–water partition coefficient (Wildman–Crippen LogP) is 0.332. The number of hydrogen-bond donors (Lipinski definition) is 0.